The molecule has 21 heavy (non-hydrogen) atoms. The van der Waals surface area contributed by atoms with E-state index >= 15 is 0 Å². The average molecular weight is 300 g/mol. The molecule has 0 fully saturated rings. The molecule has 4 heteroatoms. The molecule has 106 valence electrons. The lowest BCUT2D eigenvalue weighted by Crippen LogP contribution is -1.92. The van der Waals surface area contributed by atoms with Crippen LogP contribution in [0.4, 0.5) is 0 Å². The highest BCUT2D eigenvalue weighted by molar-refractivity contribution is 6.32. The van der Waals surface area contributed by atoms with Gasteiger partial charge in [0.05, 0.1) is 30.9 Å². The summed E-state index contributed by atoms with van der Waals surface area (Å²) in [4.78, 5) is 0. The highest BCUT2D eigenvalue weighted by Gasteiger charge is 2.10. The fourth-order valence-corrected chi connectivity index (χ4v) is 2.20. The summed E-state index contributed by atoms with van der Waals surface area (Å²) in [5.41, 5.74) is 2.10. The molecule has 0 atom stereocenters. The summed E-state index contributed by atoms with van der Waals surface area (Å²) in [7, 11) is 3.11. The number of nitrogens with zero attached hydrogens (tertiary/aromatic N) is 1. The van der Waals surface area contributed by atoms with Crippen LogP contribution in [0.3, 0.4) is 0 Å². The highest BCUT2D eigenvalue weighted by atomic mass is 35.5. The number of methoxy groups -OCH3 is 2. The number of hydrogen-bond donors (Lipinski definition) is 0. The van der Waals surface area contributed by atoms with Crippen LogP contribution in [0, 0.1) is 11.3 Å². The van der Waals surface area contributed by atoms with Gasteiger partial charge in [-0.05, 0) is 17.7 Å². The minimum Gasteiger partial charge on any atom is -0.496 e. The normalized spacial score (nSPS) is 10.9. The van der Waals surface area contributed by atoms with Crippen molar-refractivity contribution in [3.63, 3.8) is 0 Å². The van der Waals surface area contributed by atoms with E-state index in [9.17, 15) is 5.26 Å². The molecule has 0 aliphatic heterocycles. The van der Waals surface area contributed by atoms with E-state index < -0.39 is 0 Å². The summed E-state index contributed by atoms with van der Waals surface area (Å²) in [6, 6.07) is 15.1. The van der Waals surface area contributed by atoms with E-state index in [0.29, 0.717) is 22.1 Å². The van der Waals surface area contributed by atoms with Crippen molar-refractivity contribution in [2.24, 2.45) is 0 Å². The van der Waals surface area contributed by atoms with Crippen molar-refractivity contribution in [1.82, 2.24) is 0 Å². The van der Waals surface area contributed by atoms with Crippen LogP contribution in [-0.4, -0.2) is 14.2 Å². The molecule has 2 aromatic rings. The van der Waals surface area contributed by atoms with Gasteiger partial charge in [0.15, 0.2) is 0 Å². The monoisotopic (exact) mass is 299 g/mol. The molecular formula is C17H14ClNO2. The van der Waals surface area contributed by atoms with Crippen LogP contribution >= 0.6 is 11.6 Å². The van der Waals surface area contributed by atoms with Gasteiger partial charge in [-0.3, -0.25) is 0 Å². The Morgan fingerprint density at radius 1 is 1.10 bits per heavy atom. The first kappa shape index (κ1) is 15.0. The summed E-state index contributed by atoms with van der Waals surface area (Å²) in [5.74, 6) is 1.13. The number of hydrogen-bond acceptors (Lipinski definition) is 3. The highest BCUT2D eigenvalue weighted by Crippen LogP contribution is 2.34. The molecule has 0 aromatic heterocycles. The first-order valence-electron chi connectivity index (χ1n) is 6.28. The third kappa shape index (κ3) is 3.36. The lowest BCUT2D eigenvalue weighted by atomic mass is 10.0. The molecule has 0 aliphatic carbocycles. The van der Waals surface area contributed by atoms with Crippen molar-refractivity contribution in [3.05, 3.63) is 58.6 Å². The molecule has 2 aromatic carbocycles. The number of allylic oxidation sites excluding steroid dienone is 1. The van der Waals surface area contributed by atoms with Crippen molar-refractivity contribution in [1.29, 1.82) is 5.26 Å². The number of rotatable bonds is 4. The number of nitriles is 1. The Labute approximate surface area is 129 Å². The number of halogens is 1. The van der Waals surface area contributed by atoms with Gasteiger partial charge in [-0.1, -0.05) is 41.9 Å². The van der Waals surface area contributed by atoms with Crippen LogP contribution in [-0.2, 0) is 0 Å². The first-order chi connectivity index (χ1) is 10.2. The third-order valence-electron chi connectivity index (χ3n) is 3.01. The van der Waals surface area contributed by atoms with Gasteiger partial charge in [-0.25, -0.2) is 0 Å². The van der Waals surface area contributed by atoms with E-state index in [4.69, 9.17) is 21.1 Å². The predicted molar refractivity (Wildman–Crippen MR) is 84.5 cm³/mol. The molecule has 0 saturated heterocycles. The molecule has 0 N–H and O–H groups in total. The van der Waals surface area contributed by atoms with Gasteiger partial charge in [0.1, 0.15) is 11.5 Å². The van der Waals surface area contributed by atoms with E-state index in [0.717, 1.165) is 11.1 Å². The molecule has 0 aliphatic rings. The molecule has 0 heterocycles. The minimum absolute atomic E-state index is 0.468. The zero-order valence-corrected chi connectivity index (χ0v) is 12.5. The molecule has 2 rings (SSSR count). The zero-order chi connectivity index (χ0) is 15.2. The second-order valence-electron chi connectivity index (χ2n) is 4.26. The maximum atomic E-state index is 9.36. The van der Waals surface area contributed by atoms with E-state index in [1.165, 1.54) is 0 Å². The van der Waals surface area contributed by atoms with E-state index in [2.05, 4.69) is 6.07 Å². The molecule has 0 bridgehead atoms. The second-order valence-corrected chi connectivity index (χ2v) is 4.67. The van der Waals surface area contributed by atoms with Gasteiger partial charge < -0.3 is 9.47 Å². The van der Waals surface area contributed by atoms with Crippen LogP contribution in [0.25, 0.3) is 11.6 Å². The van der Waals surface area contributed by atoms with E-state index in [1.54, 1.807) is 32.4 Å². The van der Waals surface area contributed by atoms with Crippen molar-refractivity contribution in [2.45, 2.75) is 0 Å². The summed E-state index contributed by atoms with van der Waals surface area (Å²) in [6.07, 6.45) is 1.75. The molecule has 0 unspecified atom stereocenters. The van der Waals surface area contributed by atoms with Crippen molar-refractivity contribution in [2.75, 3.05) is 14.2 Å². The summed E-state index contributed by atoms with van der Waals surface area (Å²) in [5, 5.41) is 9.83. The van der Waals surface area contributed by atoms with Gasteiger partial charge >= 0.3 is 0 Å². The van der Waals surface area contributed by atoms with Crippen LogP contribution in [0.5, 0.6) is 11.5 Å². The molecule has 0 saturated carbocycles. The molecule has 0 amide bonds. The number of benzene rings is 2. The van der Waals surface area contributed by atoms with Crippen LogP contribution in [0.1, 0.15) is 11.1 Å². The standard InChI is InChI=1S/C17H14ClNO2/c1-20-16-10-17(21-2)15(18)9-13(16)8-14(11-19)12-6-4-3-5-7-12/h3-10H,1-2H3. The summed E-state index contributed by atoms with van der Waals surface area (Å²) in [6.45, 7) is 0. The lowest BCUT2D eigenvalue weighted by Gasteiger charge is -2.10. The summed E-state index contributed by atoms with van der Waals surface area (Å²) < 4.78 is 10.5. The Bertz CT molecular complexity index is 703. The molecule has 3 nitrogen and oxygen atoms in total. The Morgan fingerprint density at radius 3 is 2.33 bits per heavy atom. The van der Waals surface area contributed by atoms with Crippen molar-refractivity contribution in [3.8, 4) is 17.6 Å². The second kappa shape index (κ2) is 6.83. The Hall–Kier alpha value is -2.44. The molecular weight excluding hydrogens is 286 g/mol. The topological polar surface area (TPSA) is 42.2 Å². The fourth-order valence-electron chi connectivity index (χ4n) is 1.95. The van der Waals surface area contributed by atoms with Crippen molar-refractivity contribution >= 4 is 23.3 Å². The predicted octanol–water partition coefficient (Wildman–Crippen LogP) is 4.42. The smallest absolute Gasteiger partial charge is 0.141 e. The lowest BCUT2D eigenvalue weighted by molar-refractivity contribution is 0.394. The zero-order valence-electron chi connectivity index (χ0n) is 11.8. The Balaban J connectivity index is 2.53. The van der Waals surface area contributed by atoms with Gasteiger partial charge in [0.25, 0.3) is 0 Å². The maximum Gasteiger partial charge on any atom is 0.141 e. The summed E-state index contributed by atoms with van der Waals surface area (Å²) >= 11 is 6.14. The Kier molecular flexibility index (Phi) is 4.86. The van der Waals surface area contributed by atoms with Crippen molar-refractivity contribution < 1.29 is 9.47 Å². The van der Waals surface area contributed by atoms with Crippen LogP contribution < -0.4 is 9.47 Å². The Morgan fingerprint density at radius 2 is 1.76 bits per heavy atom. The van der Waals surface area contributed by atoms with Gasteiger partial charge in [-0.2, -0.15) is 5.26 Å². The van der Waals surface area contributed by atoms with Crippen LogP contribution in [0.2, 0.25) is 5.02 Å². The largest absolute Gasteiger partial charge is 0.496 e. The SMILES string of the molecule is COc1cc(OC)c(C=C(C#N)c2ccccc2)cc1Cl. The van der Waals surface area contributed by atoms with Gasteiger partial charge in [0.2, 0.25) is 0 Å². The number of ether oxygens (including phenoxy) is 2. The third-order valence-corrected chi connectivity index (χ3v) is 3.30. The minimum atomic E-state index is 0.468. The van der Waals surface area contributed by atoms with E-state index in [1.807, 2.05) is 30.3 Å². The molecule has 0 radical (unpaired) electrons. The van der Waals surface area contributed by atoms with Crippen LogP contribution in [0.15, 0.2) is 42.5 Å². The molecule has 0 spiro atoms. The first-order valence-corrected chi connectivity index (χ1v) is 6.66. The van der Waals surface area contributed by atoms with Gasteiger partial charge in [-0.15, -0.1) is 0 Å². The van der Waals surface area contributed by atoms with E-state index in [-0.39, 0.29) is 0 Å². The van der Waals surface area contributed by atoms with Gasteiger partial charge in [0, 0.05) is 11.6 Å². The quantitative estimate of drug-likeness (QED) is 0.620. The maximum absolute atomic E-state index is 9.36. The fraction of sp³-hybridized carbons (Fsp3) is 0.118. The average Bonchev–Trinajstić information content (AvgIpc) is 2.53.